The van der Waals surface area contributed by atoms with Gasteiger partial charge in [-0.25, -0.2) is 8.78 Å². The maximum Gasteiger partial charge on any atom is 0.325 e. The maximum absolute atomic E-state index is 13.4. The molecule has 3 rings (SSSR count). The van der Waals surface area contributed by atoms with E-state index in [1.807, 2.05) is 0 Å². The molecule has 2 aromatic rings. The largest absolute Gasteiger partial charge is 0.497 e. The predicted molar refractivity (Wildman–Crippen MR) is 85.5 cm³/mol. The summed E-state index contributed by atoms with van der Waals surface area (Å²) in [6.07, 6.45) is 0. The number of fused-ring (bicyclic) bond motifs is 1. The van der Waals surface area contributed by atoms with Gasteiger partial charge in [-0.2, -0.15) is 0 Å². The molecular weight excluding hydrogens is 332 g/mol. The Hall–Kier alpha value is -2.67. The van der Waals surface area contributed by atoms with Crippen LogP contribution in [0.3, 0.4) is 0 Å². The highest BCUT2D eigenvalue weighted by Gasteiger charge is 2.33. The summed E-state index contributed by atoms with van der Waals surface area (Å²) in [7, 11) is 2.96. The minimum absolute atomic E-state index is 0.211. The number of nitrogens with zero attached hydrogens (tertiary/aromatic N) is 1. The number of benzene rings is 2. The molecule has 0 saturated carbocycles. The molecule has 0 saturated heterocycles. The van der Waals surface area contributed by atoms with Crippen LogP contribution in [0.5, 0.6) is 11.5 Å². The van der Waals surface area contributed by atoms with Crippen LogP contribution in [0, 0.1) is 11.6 Å². The van der Waals surface area contributed by atoms with Gasteiger partial charge in [0.2, 0.25) is 0 Å². The number of hydrogen-bond donors (Lipinski definition) is 1. The van der Waals surface area contributed by atoms with Crippen LogP contribution in [0.25, 0.3) is 0 Å². The van der Waals surface area contributed by atoms with Crippen LogP contribution in [-0.2, 0) is 17.9 Å². The molecule has 1 heterocycles. The molecule has 25 heavy (non-hydrogen) atoms. The van der Waals surface area contributed by atoms with Gasteiger partial charge in [0.15, 0.2) is 11.6 Å². The fraction of sp³-hybridized carbons (Fsp3) is 0.278. The summed E-state index contributed by atoms with van der Waals surface area (Å²) >= 11 is 0. The number of carboxylic acids is 1. The van der Waals surface area contributed by atoms with Crippen molar-refractivity contribution in [1.29, 1.82) is 0 Å². The average Bonchev–Trinajstić information content (AvgIpc) is 2.96. The number of hydrogen-bond acceptors (Lipinski definition) is 4. The van der Waals surface area contributed by atoms with E-state index in [1.165, 1.54) is 14.2 Å². The van der Waals surface area contributed by atoms with Crippen molar-refractivity contribution in [1.82, 2.24) is 4.90 Å². The van der Waals surface area contributed by atoms with Gasteiger partial charge in [0, 0.05) is 19.2 Å². The minimum atomic E-state index is -1.07. The average molecular weight is 349 g/mol. The van der Waals surface area contributed by atoms with Crippen molar-refractivity contribution in [2.24, 2.45) is 0 Å². The van der Waals surface area contributed by atoms with Crippen molar-refractivity contribution in [3.63, 3.8) is 0 Å². The number of ether oxygens (including phenoxy) is 2. The molecule has 0 aromatic heterocycles. The van der Waals surface area contributed by atoms with Crippen LogP contribution in [0.4, 0.5) is 8.78 Å². The standard InChI is InChI=1S/C18H17F2NO4/c1-24-13-3-10(4-14(7-13)25-2)17(18(22)23)21-8-11-5-15(19)16(20)6-12(11)9-21/h3-7,17H,8-9H2,1-2H3,(H,22,23). The highest BCUT2D eigenvalue weighted by Crippen LogP contribution is 2.35. The fourth-order valence-corrected chi connectivity index (χ4v) is 3.10. The smallest absolute Gasteiger partial charge is 0.325 e. The van der Waals surface area contributed by atoms with E-state index in [2.05, 4.69) is 0 Å². The number of halogens is 2. The number of carbonyl (C=O) groups is 1. The fourth-order valence-electron chi connectivity index (χ4n) is 3.10. The Bertz CT molecular complexity index is 772. The molecule has 1 N–H and O–H groups in total. The van der Waals surface area contributed by atoms with Crippen LogP contribution in [0.15, 0.2) is 30.3 Å². The second-order valence-corrected chi connectivity index (χ2v) is 5.83. The molecule has 5 nitrogen and oxygen atoms in total. The lowest BCUT2D eigenvalue weighted by atomic mass is 10.0. The zero-order valence-corrected chi connectivity index (χ0v) is 13.8. The molecule has 7 heteroatoms. The summed E-state index contributed by atoms with van der Waals surface area (Å²) in [4.78, 5) is 13.5. The lowest BCUT2D eigenvalue weighted by Gasteiger charge is -2.24. The minimum Gasteiger partial charge on any atom is -0.497 e. The molecule has 1 aliphatic heterocycles. The zero-order valence-electron chi connectivity index (χ0n) is 13.8. The van der Waals surface area contributed by atoms with E-state index in [1.54, 1.807) is 23.1 Å². The van der Waals surface area contributed by atoms with Crippen molar-refractivity contribution >= 4 is 5.97 Å². The van der Waals surface area contributed by atoms with E-state index in [-0.39, 0.29) is 13.1 Å². The molecule has 0 radical (unpaired) electrons. The van der Waals surface area contributed by atoms with Crippen molar-refractivity contribution in [3.8, 4) is 11.5 Å². The first kappa shape index (κ1) is 17.2. The second-order valence-electron chi connectivity index (χ2n) is 5.83. The normalized spacial score (nSPS) is 14.9. The summed E-state index contributed by atoms with van der Waals surface area (Å²) < 4.78 is 37.3. The van der Waals surface area contributed by atoms with Gasteiger partial charge in [-0.15, -0.1) is 0 Å². The Morgan fingerprint density at radius 1 is 1.00 bits per heavy atom. The van der Waals surface area contributed by atoms with Crippen LogP contribution in [0.2, 0.25) is 0 Å². The molecular formula is C18H17F2NO4. The van der Waals surface area contributed by atoms with Gasteiger partial charge >= 0.3 is 5.97 Å². The zero-order chi connectivity index (χ0) is 18.1. The lowest BCUT2D eigenvalue weighted by Crippen LogP contribution is -2.30. The Kier molecular flexibility index (Phi) is 4.59. The first-order chi connectivity index (χ1) is 11.9. The molecule has 1 aliphatic rings. The first-order valence-corrected chi connectivity index (χ1v) is 7.59. The van der Waals surface area contributed by atoms with E-state index in [0.717, 1.165) is 12.1 Å². The summed E-state index contributed by atoms with van der Waals surface area (Å²) in [6, 6.07) is 6.12. The Balaban J connectivity index is 1.97. The van der Waals surface area contributed by atoms with E-state index in [4.69, 9.17) is 9.47 Å². The number of rotatable bonds is 5. The van der Waals surface area contributed by atoms with Gasteiger partial charge in [0.05, 0.1) is 14.2 Å². The van der Waals surface area contributed by atoms with Crippen molar-refractivity contribution in [2.45, 2.75) is 19.1 Å². The van der Waals surface area contributed by atoms with Gasteiger partial charge in [-0.05, 0) is 41.0 Å². The van der Waals surface area contributed by atoms with E-state index in [0.29, 0.717) is 28.2 Å². The number of aliphatic carboxylic acids is 1. The molecule has 2 aromatic carbocycles. The first-order valence-electron chi connectivity index (χ1n) is 7.59. The van der Waals surface area contributed by atoms with E-state index >= 15 is 0 Å². The maximum atomic E-state index is 13.4. The van der Waals surface area contributed by atoms with Gasteiger partial charge < -0.3 is 14.6 Å². The number of carboxylic acid groups (broad SMARTS) is 1. The molecule has 0 amide bonds. The SMILES string of the molecule is COc1cc(OC)cc(C(C(=O)O)N2Cc3cc(F)c(F)cc3C2)c1. The molecule has 132 valence electrons. The third-order valence-electron chi connectivity index (χ3n) is 4.28. The summed E-state index contributed by atoms with van der Waals surface area (Å²) in [5, 5.41) is 9.73. The molecule has 0 spiro atoms. The number of methoxy groups -OCH3 is 2. The predicted octanol–water partition coefficient (Wildman–Crippen LogP) is 3.12. The Morgan fingerprint density at radius 3 is 1.88 bits per heavy atom. The highest BCUT2D eigenvalue weighted by molar-refractivity contribution is 5.76. The van der Waals surface area contributed by atoms with E-state index in [9.17, 15) is 18.7 Å². The van der Waals surface area contributed by atoms with Crippen LogP contribution in [0.1, 0.15) is 22.7 Å². The molecule has 0 fully saturated rings. The third-order valence-corrected chi connectivity index (χ3v) is 4.28. The van der Waals surface area contributed by atoms with Crippen LogP contribution in [-0.4, -0.2) is 30.2 Å². The summed E-state index contributed by atoms with van der Waals surface area (Å²) in [6.45, 7) is 0.423. The van der Waals surface area contributed by atoms with Gasteiger partial charge in [-0.1, -0.05) is 0 Å². The Morgan fingerprint density at radius 2 is 1.48 bits per heavy atom. The van der Waals surface area contributed by atoms with Gasteiger partial charge in [0.25, 0.3) is 0 Å². The summed E-state index contributed by atoms with van der Waals surface area (Å²) in [5.41, 5.74) is 1.64. The molecule has 0 aliphatic carbocycles. The highest BCUT2D eigenvalue weighted by atomic mass is 19.2. The topological polar surface area (TPSA) is 59.0 Å². The molecule has 1 unspecified atom stereocenters. The monoisotopic (exact) mass is 349 g/mol. The summed E-state index contributed by atoms with van der Waals surface area (Å²) in [5.74, 6) is -2.00. The van der Waals surface area contributed by atoms with Crippen molar-refractivity contribution < 1.29 is 28.2 Å². The van der Waals surface area contributed by atoms with Gasteiger partial charge in [0.1, 0.15) is 17.5 Å². The van der Waals surface area contributed by atoms with Gasteiger partial charge in [-0.3, -0.25) is 9.69 Å². The van der Waals surface area contributed by atoms with Crippen LogP contribution < -0.4 is 9.47 Å². The van der Waals surface area contributed by atoms with Crippen LogP contribution >= 0.6 is 0 Å². The quantitative estimate of drug-likeness (QED) is 0.899. The van der Waals surface area contributed by atoms with Crippen molar-refractivity contribution in [3.05, 3.63) is 58.7 Å². The lowest BCUT2D eigenvalue weighted by molar-refractivity contribution is -0.143. The Labute approximate surface area is 143 Å². The van der Waals surface area contributed by atoms with E-state index < -0.39 is 23.6 Å². The third kappa shape index (κ3) is 3.28. The second kappa shape index (κ2) is 6.68. The van der Waals surface area contributed by atoms with Crippen molar-refractivity contribution in [2.75, 3.05) is 14.2 Å². The molecule has 0 bridgehead atoms. The molecule has 1 atom stereocenters.